The second-order valence-corrected chi connectivity index (χ2v) is 7.77. The first kappa shape index (κ1) is 18.7. The second-order valence-electron chi connectivity index (χ2n) is 5.86. The number of fused-ring (bicyclic) bond motifs is 1. The van der Waals surface area contributed by atoms with Crippen LogP contribution in [0.5, 0.6) is 11.5 Å². The van der Waals surface area contributed by atoms with Crippen LogP contribution in [0.1, 0.15) is 0 Å². The molecule has 0 saturated carbocycles. The molecule has 0 unspecified atom stereocenters. The number of carbonyl (C=O) groups excluding carboxylic acids is 1. The summed E-state index contributed by atoms with van der Waals surface area (Å²) >= 11 is 0. The van der Waals surface area contributed by atoms with Crippen LogP contribution in [0.15, 0.2) is 47.6 Å². The highest BCUT2D eigenvalue weighted by Crippen LogP contribution is 2.29. The quantitative estimate of drug-likeness (QED) is 0.693. The van der Waals surface area contributed by atoms with E-state index in [1.807, 2.05) is 0 Å². The van der Waals surface area contributed by atoms with Crippen molar-refractivity contribution in [2.75, 3.05) is 25.8 Å². The van der Waals surface area contributed by atoms with E-state index in [0.29, 0.717) is 28.2 Å². The fourth-order valence-corrected chi connectivity index (χ4v) is 3.55. The summed E-state index contributed by atoms with van der Waals surface area (Å²) in [6.07, 6.45) is 1.06. The number of imidazole rings is 1. The zero-order valence-electron chi connectivity index (χ0n) is 15.1. The first-order chi connectivity index (χ1) is 12.8. The van der Waals surface area contributed by atoms with E-state index in [2.05, 4.69) is 10.3 Å². The number of amides is 1. The maximum absolute atomic E-state index is 12.6. The number of rotatable bonds is 6. The molecule has 1 N–H and O–H groups in total. The molecule has 0 spiro atoms. The van der Waals surface area contributed by atoms with Gasteiger partial charge in [0.25, 0.3) is 0 Å². The Balaban J connectivity index is 1.93. The van der Waals surface area contributed by atoms with Crippen LogP contribution in [0, 0.1) is 0 Å². The van der Waals surface area contributed by atoms with Crippen molar-refractivity contribution in [3.8, 4) is 11.5 Å². The number of ether oxygens (including phenoxy) is 2. The number of carbonyl (C=O) groups is 1. The molecule has 0 saturated heterocycles. The lowest BCUT2D eigenvalue weighted by Gasteiger charge is -2.13. The molecular weight excluding hydrogens is 370 g/mol. The van der Waals surface area contributed by atoms with Crippen molar-refractivity contribution in [3.63, 3.8) is 0 Å². The van der Waals surface area contributed by atoms with Crippen molar-refractivity contribution < 1.29 is 22.7 Å². The lowest BCUT2D eigenvalue weighted by atomic mass is 10.2. The van der Waals surface area contributed by atoms with Crippen LogP contribution in [-0.2, 0) is 21.2 Å². The fraction of sp³-hybridized carbons (Fsp3) is 0.222. The van der Waals surface area contributed by atoms with Crippen LogP contribution >= 0.6 is 0 Å². The molecule has 0 radical (unpaired) electrons. The summed E-state index contributed by atoms with van der Waals surface area (Å²) in [4.78, 5) is 16.7. The Morgan fingerprint density at radius 1 is 1.15 bits per heavy atom. The van der Waals surface area contributed by atoms with Crippen molar-refractivity contribution in [2.24, 2.45) is 0 Å². The third kappa shape index (κ3) is 3.87. The molecule has 0 aliphatic heterocycles. The highest BCUT2D eigenvalue weighted by atomic mass is 32.2. The standard InChI is InChI=1S/C18H19N3O5S/c1-25-12-8-9-14(16(10-12)26-2)19-17(22)11-21-15-7-5-4-6-13(15)20-18(21)27(3,23)24/h4-10H,11H2,1-3H3,(H,19,22). The van der Waals surface area contributed by atoms with Gasteiger partial charge in [0.15, 0.2) is 0 Å². The number of benzene rings is 2. The Kier molecular flexibility index (Phi) is 5.04. The van der Waals surface area contributed by atoms with Gasteiger partial charge in [-0.3, -0.25) is 4.79 Å². The molecule has 8 nitrogen and oxygen atoms in total. The predicted octanol–water partition coefficient (Wildman–Crippen LogP) is 2.10. The van der Waals surface area contributed by atoms with Crippen molar-refractivity contribution in [2.45, 2.75) is 11.7 Å². The van der Waals surface area contributed by atoms with Gasteiger partial charge in [-0.05, 0) is 24.3 Å². The highest BCUT2D eigenvalue weighted by molar-refractivity contribution is 7.90. The highest BCUT2D eigenvalue weighted by Gasteiger charge is 2.21. The SMILES string of the molecule is COc1ccc(NC(=O)Cn2c(S(C)(=O)=O)nc3ccccc32)c(OC)c1. The Labute approximate surface area is 156 Å². The van der Waals surface area contributed by atoms with E-state index in [-0.39, 0.29) is 11.7 Å². The molecule has 0 aliphatic carbocycles. The van der Waals surface area contributed by atoms with Crippen molar-refractivity contribution in [1.82, 2.24) is 9.55 Å². The Morgan fingerprint density at radius 2 is 1.89 bits per heavy atom. The van der Waals surface area contributed by atoms with Crippen LogP contribution in [0.2, 0.25) is 0 Å². The number of nitrogens with one attached hydrogen (secondary N) is 1. The van der Waals surface area contributed by atoms with Gasteiger partial charge in [0.2, 0.25) is 20.9 Å². The maximum atomic E-state index is 12.6. The molecule has 3 aromatic rings. The summed E-state index contributed by atoms with van der Waals surface area (Å²) in [5.41, 5.74) is 1.52. The normalized spacial score (nSPS) is 11.4. The van der Waals surface area contributed by atoms with Crippen molar-refractivity contribution in [3.05, 3.63) is 42.5 Å². The number of sulfone groups is 1. The van der Waals surface area contributed by atoms with Crippen LogP contribution in [0.3, 0.4) is 0 Å². The van der Waals surface area contributed by atoms with Crippen molar-refractivity contribution >= 4 is 32.5 Å². The van der Waals surface area contributed by atoms with Gasteiger partial charge in [-0.1, -0.05) is 12.1 Å². The van der Waals surface area contributed by atoms with Gasteiger partial charge in [-0.2, -0.15) is 0 Å². The van der Waals surface area contributed by atoms with E-state index in [9.17, 15) is 13.2 Å². The number of hydrogen-bond donors (Lipinski definition) is 1. The summed E-state index contributed by atoms with van der Waals surface area (Å²) in [6.45, 7) is -0.210. The van der Waals surface area contributed by atoms with E-state index in [1.165, 1.54) is 18.8 Å². The number of aromatic nitrogens is 2. The molecule has 1 heterocycles. The molecule has 1 amide bonds. The Bertz CT molecular complexity index is 1110. The Hall–Kier alpha value is -3.07. The molecule has 142 valence electrons. The van der Waals surface area contributed by atoms with Crippen molar-refractivity contribution in [1.29, 1.82) is 0 Å². The summed E-state index contributed by atoms with van der Waals surface area (Å²) < 4.78 is 35.9. The average molecular weight is 389 g/mol. The number of hydrogen-bond acceptors (Lipinski definition) is 6. The van der Waals surface area contributed by atoms with E-state index in [1.54, 1.807) is 42.5 Å². The zero-order chi connectivity index (χ0) is 19.6. The van der Waals surface area contributed by atoms with Crippen LogP contribution in [0.4, 0.5) is 5.69 Å². The van der Waals surface area contributed by atoms with Gasteiger partial charge >= 0.3 is 0 Å². The lowest BCUT2D eigenvalue weighted by molar-refractivity contribution is -0.116. The summed E-state index contributed by atoms with van der Waals surface area (Å²) in [5, 5.41) is 2.58. The van der Waals surface area contributed by atoms with Gasteiger partial charge in [-0.15, -0.1) is 0 Å². The topological polar surface area (TPSA) is 99.5 Å². The largest absolute Gasteiger partial charge is 0.497 e. The van der Waals surface area contributed by atoms with Crippen LogP contribution in [0.25, 0.3) is 11.0 Å². The monoisotopic (exact) mass is 389 g/mol. The summed E-state index contributed by atoms with van der Waals surface area (Å²) in [5.74, 6) is 0.609. The predicted molar refractivity (Wildman–Crippen MR) is 101 cm³/mol. The number of anilines is 1. The third-order valence-electron chi connectivity index (χ3n) is 3.94. The maximum Gasteiger partial charge on any atom is 0.244 e. The molecule has 3 rings (SSSR count). The third-order valence-corrected chi connectivity index (χ3v) is 4.91. The molecule has 0 fully saturated rings. The second kappa shape index (κ2) is 7.28. The summed E-state index contributed by atoms with van der Waals surface area (Å²) in [7, 11) is -0.592. The molecule has 27 heavy (non-hydrogen) atoms. The number of methoxy groups -OCH3 is 2. The molecule has 0 atom stereocenters. The first-order valence-corrected chi connectivity index (χ1v) is 9.90. The molecule has 2 aromatic carbocycles. The fourth-order valence-electron chi connectivity index (χ4n) is 2.72. The minimum absolute atomic E-state index is 0.152. The zero-order valence-corrected chi connectivity index (χ0v) is 15.9. The lowest BCUT2D eigenvalue weighted by Crippen LogP contribution is -2.21. The van der Waals surface area contributed by atoms with E-state index in [0.717, 1.165) is 6.26 Å². The summed E-state index contributed by atoms with van der Waals surface area (Å²) in [6, 6.07) is 11.9. The Morgan fingerprint density at radius 3 is 2.56 bits per heavy atom. The van der Waals surface area contributed by atoms with Gasteiger partial charge < -0.3 is 19.4 Å². The molecule has 0 aliphatic rings. The van der Waals surface area contributed by atoms with E-state index in [4.69, 9.17) is 9.47 Å². The number of nitrogens with zero attached hydrogens (tertiary/aromatic N) is 2. The van der Waals surface area contributed by atoms with E-state index >= 15 is 0 Å². The molecule has 0 bridgehead atoms. The van der Waals surface area contributed by atoms with Gasteiger partial charge in [0.1, 0.15) is 18.0 Å². The first-order valence-electron chi connectivity index (χ1n) is 8.00. The van der Waals surface area contributed by atoms with Gasteiger partial charge in [-0.25, -0.2) is 13.4 Å². The average Bonchev–Trinajstić information content (AvgIpc) is 3.01. The molecular formula is C18H19N3O5S. The number of para-hydroxylation sites is 2. The van der Waals surface area contributed by atoms with E-state index < -0.39 is 15.7 Å². The minimum Gasteiger partial charge on any atom is -0.497 e. The van der Waals surface area contributed by atoms with Gasteiger partial charge in [0, 0.05) is 12.3 Å². The van der Waals surface area contributed by atoms with Crippen LogP contribution < -0.4 is 14.8 Å². The smallest absolute Gasteiger partial charge is 0.244 e. The minimum atomic E-state index is -3.61. The molecule has 1 aromatic heterocycles. The van der Waals surface area contributed by atoms with Gasteiger partial charge in [0.05, 0.1) is 30.9 Å². The van der Waals surface area contributed by atoms with Crippen LogP contribution in [-0.4, -0.2) is 44.4 Å². The molecule has 9 heteroatoms.